The number of aliphatic hydroxyl groups excluding tert-OH is 1. The first-order chi connectivity index (χ1) is 24.1. The predicted molar refractivity (Wildman–Crippen MR) is 198 cm³/mol. The lowest BCUT2D eigenvalue weighted by Gasteiger charge is -2.31. The third-order valence-electron chi connectivity index (χ3n) is 10.8. The smallest absolute Gasteiger partial charge is 0.257 e. The topological polar surface area (TPSA) is 113 Å². The van der Waals surface area contributed by atoms with Crippen LogP contribution < -0.4 is 23.8 Å². The fourth-order valence-electron chi connectivity index (χ4n) is 7.35. The van der Waals surface area contributed by atoms with Gasteiger partial charge in [-0.2, -0.15) is 0 Å². The molecule has 0 unspecified atom stereocenters. The monoisotopic (exact) mass is 700 g/mol. The number of anilines is 1. The summed E-state index contributed by atoms with van der Waals surface area (Å²) in [7, 11) is 4.94. The van der Waals surface area contributed by atoms with Crippen molar-refractivity contribution >= 4 is 29.4 Å². The van der Waals surface area contributed by atoms with Gasteiger partial charge in [0.25, 0.3) is 11.8 Å². The van der Waals surface area contributed by atoms with Gasteiger partial charge in [0.05, 0.1) is 62.0 Å². The molecule has 1 N–H and O–H groups in total. The number of benzene rings is 2. The van der Waals surface area contributed by atoms with Crippen molar-refractivity contribution in [3.8, 4) is 23.0 Å². The first kappa shape index (κ1) is 36.3. The first-order valence-electron chi connectivity index (χ1n) is 17.7. The molecule has 2 fully saturated rings. The molecule has 2 amide bonds. The van der Waals surface area contributed by atoms with E-state index in [0.29, 0.717) is 78.2 Å². The second kappa shape index (κ2) is 13.9. The Balaban J connectivity index is 1.06. The van der Waals surface area contributed by atoms with E-state index in [9.17, 15) is 14.7 Å². The van der Waals surface area contributed by atoms with Gasteiger partial charge < -0.3 is 38.8 Å². The Labute approximate surface area is 301 Å². The lowest BCUT2D eigenvalue weighted by molar-refractivity contribution is 0.0527. The number of nitrogens with zero attached hydrogens (tertiary/aromatic N) is 4. The van der Waals surface area contributed by atoms with Crippen molar-refractivity contribution in [2.45, 2.75) is 78.1 Å². The standard InChI is InChI=1S/C40H52N4O7/c1-24-14-26-20-41-29-18-34(32(48-8)16-27(29)36(45)43(26)21-24)51-23-40(5,6)11-10-39(3,4)12-13-50-35-19-30-28(17-33(35)49-9)37(46)44-22-25(2)15-31(44)38(47)42(30)7/h16-20,26,31,38,47H,1-2,10-15,21-23H2,3-9H3/t26-,31-,38-/m0/s1. The zero-order valence-electron chi connectivity index (χ0n) is 31.1. The van der Waals surface area contributed by atoms with E-state index in [2.05, 4.69) is 45.8 Å². The minimum atomic E-state index is -0.864. The molecule has 2 saturated heterocycles. The average molecular weight is 701 g/mol. The average Bonchev–Trinajstić information content (AvgIpc) is 3.64. The molecule has 3 atom stereocenters. The minimum Gasteiger partial charge on any atom is -0.493 e. The molecule has 0 saturated carbocycles. The molecule has 2 aromatic carbocycles. The lowest BCUT2D eigenvalue weighted by Crippen LogP contribution is -2.47. The molecular formula is C40H52N4O7. The van der Waals surface area contributed by atoms with E-state index in [1.54, 1.807) is 49.3 Å². The van der Waals surface area contributed by atoms with E-state index in [4.69, 9.17) is 18.9 Å². The quantitative estimate of drug-likeness (QED) is 0.253. The largest absolute Gasteiger partial charge is 0.493 e. The molecule has 0 radical (unpaired) electrons. The zero-order chi connectivity index (χ0) is 36.8. The van der Waals surface area contributed by atoms with E-state index in [-0.39, 0.29) is 34.7 Å². The van der Waals surface area contributed by atoms with Gasteiger partial charge in [-0.15, -0.1) is 0 Å². The summed E-state index contributed by atoms with van der Waals surface area (Å²) in [6, 6.07) is 6.64. The SMILES string of the molecule is C=C1C[C@H]2C=Nc3cc(OCC(C)(C)CCC(C)(C)CCOc4cc5c(cc4OC)C(=O)N4CC(=C)C[C@H]4[C@H](O)N5C)c(OC)cc3C(=O)N2C1. The molecule has 0 spiro atoms. The predicted octanol–water partition coefficient (Wildman–Crippen LogP) is 6.41. The van der Waals surface area contributed by atoms with Crippen molar-refractivity contribution < 1.29 is 33.6 Å². The van der Waals surface area contributed by atoms with Gasteiger partial charge in [0.1, 0.15) is 6.23 Å². The number of carbonyl (C=O) groups is 2. The second-order valence-electron chi connectivity index (χ2n) is 16.0. The highest BCUT2D eigenvalue weighted by Gasteiger charge is 2.43. The van der Waals surface area contributed by atoms with Gasteiger partial charge in [-0.1, -0.05) is 52.0 Å². The minimum absolute atomic E-state index is 0.0399. The molecule has 11 nitrogen and oxygen atoms in total. The molecule has 2 aromatic rings. The number of fused-ring (bicyclic) bond motifs is 4. The van der Waals surface area contributed by atoms with Gasteiger partial charge in [0.2, 0.25) is 0 Å². The Bertz CT molecular complexity index is 1770. The Morgan fingerprint density at radius 2 is 1.41 bits per heavy atom. The summed E-state index contributed by atoms with van der Waals surface area (Å²) in [5.74, 6) is 1.86. The molecule has 11 heteroatoms. The summed E-state index contributed by atoms with van der Waals surface area (Å²) >= 11 is 0. The van der Waals surface area contributed by atoms with Gasteiger partial charge in [-0.05, 0) is 55.1 Å². The van der Waals surface area contributed by atoms with E-state index in [0.717, 1.165) is 36.8 Å². The van der Waals surface area contributed by atoms with E-state index >= 15 is 0 Å². The van der Waals surface area contributed by atoms with Crippen molar-refractivity contribution in [2.75, 3.05) is 52.5 Å². The van der Waals surface area contributed by atoms with Crippen LogP contribution in [0.15, 0.2) is 53.6 Å². The fourth-order valence-corrected chi connectivity index (χ4v) is 7.35. The summed E-state index contributed by atoms with van der Waals surface area (Å²) in [5.41, 5.74) is 3.94. The highest BCUT2D eigenvalue weighted by molar-refractivity contribution is 6.04. The van der Waals surface area contributed by atoms with Crippen molar-refractivity contribution in [1.82, 2.24) is 9.80 Å². The van der Waals surface area contributed by atoms with Gasteiger partial charge in [-0.25, -0.2) is 0 Å². The number of hydrogen-bond acceptors (Lipinski definition) is 9. The highest BCUT2D eigenvalue weighted by atomic mass is 16.5. The molecule has 0 bridgehead atoms. The maximum Gasteiger partial charge on any atom is 0.257 e. The van der Waals surface area contributed by atoms with E-state index in [1.807, 2.05) is 17.2 Å². The van der Waals surface area contributed by atoms with Crippen LogP contribution in [-0.2, 0) is 0 Å². The molecule has 0 aliphatic carbocycles. The summed E-state index contributed by atoms with van der Waals surface area (Å²) in [6.07, 6.45) is 4.89. The van der Waals surface area contributed by atoms with Crippen LogP contribution >= 0.6 is 0 Å². The maximum absolute atomic E-state index is 13.5. The van der Waals surface area contributed by atoms with Crippen LogP contribution in [0.3, 0.4) is 0 Å². The number of carbonyl (C=O) groups excluding carboxylic acids is 2. The number of aliphatic hydroxyl groups is 1. The van der Waals surface area contributed by atoms with Gasteiger partial charge in [-0.3, -0.25) is 14.6 Å². The van der Waals surface area contributed by atoms with Crippen LogP contribution in [-0.4, -0.2) is 98.8 Å². The van der Waals surface area contributed by atoms with Crippen molar-refractivity contribution in [2.24, 2.45) is 15.8 Å². The number of amides is 2. The maximum atomic E-state index is 13.5. The molecule has 6 rings (SSSR count). The van der Waals surface area contributed by atoms with Crippen LogP contribution in [0.1, 0.15) is 80.5 Å². The van der Waals surface area contributed by atoms with Gasteiger partial charge >= 0.3 is 0 Å². The third kappa shape index (κ3) is 7.31. The molecule has 4 aliphatic rings. The number of aliphatic imine (C=N–C) groups is 1. The third-order valence-corrected chi connectivity index (χ3v) is 10.8. The van der Waals surface area contributed by atoms with Gasteiger partial charge in [0, 0.05) is 38.5 Å². The number of ether oxygens (including phenoxy) is 4. The van der Waals surface area contributed by atoms with Crippen molar-refractivity contribution in [1.29, 1.82) is 0 Å². The Kier molecular flexibility index (Phi) is 9.89. The zero-order valence-corrected chi connectivity index (χ0v) is 31.1. The Morgan fingerprint density at radius 3 is 2.12 bits per heavy atom. The number of methoxy groups -OCH3 is 2. The molecule has 4 aliphatic heterocycles. The summed E-state index contributed by atoms with van der Waals surface area (Å²) < 4.78 is 24.0. The Hall–Kier alpha value is -4.51. The lowest BCUT2D eigenvalue weighted by atomic mass is 9.78. The Morgan fingerprint density at radius 1 is 0.804 bits per heavy atom. The first-order valence-corrected chi connectivity index (χ1v) is 17.7. The second-order valence-corrected chi connectivity index (χ2v) is 16.0. The van der Waals surface area contributed by atoms with Crippen LogP contribution in [0.2, 0.25) is 0 Å². The van der Waals surface area contributed by atoms with Crippen molar-refractivity contribution in [3.05, 3.63) is 59.7 Å². The van der Waals surface area contributed by atoms with E-state index < -0.39 is 6.23 Å². The van der Waals surface area contributed by atoms with Crippen LogP contribution in [0.4, 0.5) is 11.4 Å². The summed E-state index contributed by atoms with van der Waals surface area (Å²) in [5, 5.41) is 11.1. The molecule has 51 heavy (non-hydrogen) atoms. The van der Waals surface area contributed by atoms with Crippen molar-refractivity contribution in [3.63, 3.8) is 0 Å². The highest BCUT2D eigenvalue weighted by Crippen LogP contribution is 2.43. The van der Waals surface area contributed by atoms with Crippen LogP contribution in [0.5, 0.6) is 23.0 Å². The van der Waals surface area contributed by atoms with Crippen LogP contribution in [0.25, 0.3) is 0 Å². The number of likely N-dealkylation sites (N-methyl/N-ethyl adjacent to an activating group) is 1. The normalized spacial score (nSPS) is 21.6. The molecule has 0 aromatic heterocycles. The molecule has 274 valence electrons. The molecular weight excluding hydrogens is 648 g/mol. The fraction of sp³-hybridized carbons (Fsp3) is 0.525. The van der Waals surface area contributed by atoms with E-state index in [1.165, 1.54) is 0 Å². The number of rotatable bonds is 12. The van der Waals surface area contributed by atoms with Gasteiger partial charge in [0.15, 0.2) is 23.0 Å². The molecule has 4 heterocycles. The van der Waals surface area contributed by atoms with Crippen LogP contribution in [0, 0.1) is 10.8 Å². The summed E-state index contributed by atoms with van der Waals surface area (Å²) in [4.78, 5) is 36.8. The number of hydrogen-bond donors (Lipinski definition) is 1. The summed E-state index contributed by atoms with van der Waals surface area (Å²) in [6.45, 7) is 18.8.